The number of fused-ring (bicyclic) bond motifs is 1. The number of hydrogen-bond donors (Lipinski definition) is 1. The molecule has 0 fully saturated rings. The van der Waals surface area contributed by atoms with Crippen LogP contribution in [0.15, 0.2) is 47.6 Å². The second-order valence-corrected chi connectivity index (χ2v) is 5.28. The van der Waals surface area contributed by atoms with Crippen LogP contribution in [-0.2, 0) is 0 Å². The van der Waals surface area contributed by atoms with Gasteiger partial charge in [-0.05, 0) is 36.4 Å². The van der Waals surface area contributed by atoms with Gasteiger partial charge in [-0.15, -0.1) is 0 Å². The fourth-order valence-corrected chi connectivity index (χ4v) is 2.31. The maximum absolute atomic E-state index is 13.5. The Morgan fingerprint density at radius 3 is 2.75 bits per heavy atom. The maximum Gasteiger partial charge on any atom is 0.151 e. The van der Waals surface area contributed by atoms with Crippen LogP contribution in [0.5, 0.6) is 5.75 Å². The van der Waals surface area contributed by atoms with Gasteiger partial charge in [0.1, 0.15) is 16.7 Å². The van der Waals surface area contributed by atoms with E-state index < -0.39 is 11.6 Å². The van der Waals surface area contributed by atoms with Crippen LogP contribution >= 0.6 is 11.6 Å². The second kappa shape index (κ2) is 6.80. The molecular weight excluding hydrogens is 336 g/mol. The summed E-state index contributed by atoms with van der Waals surface area (Å²) in [5, 5.41) is 5.01. The minimum Gasteiger partial charge on any atom is -0.497 e. The summed E-state index contributed by atoms with van der Waals surface area (Å²) < 4.78 is 31.5. The van der Waals surface area contributed by atoms with Gasteiger partial charge in [0.05, 0.1) is 24.5 Å². The summed E-state index contributed by atoms with van der Waals surface area (Å²) in [6, 6.07) is 10.4. The minimum atomic E-state index is -0.736. The summed E-state index contributed by atoms with van der Waals surface area (Å²) in [7, 11) is 1.58. The average Bonchev–Trinajstić information content (AvgIpc) is 2.56. The van der Waals surface area contributed by atoms with Crippen LogP contribution < -0.4 is 10.2 Å². The van der Waals surface area contributed by atoms with Gasteiger partial charge in [-0.2, -0.15) is 5.10 Å². The van der Waals surface area contributed by atoms with Crippen LogP contribution in [-0.4, -0.2) is 18.3 Å². The van der Waals surface area contributed by atoms with Gasteiger partial charge < -0.3 is 4.74 Å². The first kappa shape index (κ1) is 16.1. The highest BCUT2D eigenvalue weighted by atomic mass is 35.5. The van der Waals surface area contributed by atoms with Crippen molar-refractivity contribution in [1.82, 2.24) is 4.98 Å². The number of anilines is 1. The normalized spacial score (nSPS) is 11.2. The summed E-state index contributed by atoms with van der Waals surface area (Å²) >= 11 is 6.13. The Labute approximate surface area is 141 Å². The number of methoxy groups -OCH3 is 1. The zero-order valence-electron chi connectivity index (χ0n) is 12.6. The molecule has 0 spiro atoms. The Hall–Kier alpha value is -2.73. The third-order valence-electron chi connectivity index (χ3n) is 3.32. The lowest BCUT2D eigenvalue weighted by Crippen LogP contribution is -1.96. The first-order chi connectivity index (χ1) is 11.6. The van der Waals surface area contributed by atoms with Crippen LogP contribution in [0.3, 0.4) is 0 Å². The lowest BCUT2D eigenvalue weighted by molar-refractivity contribution is 0.415. The van der Waals surface area contributed by atoms with E-state index in [9.17, 15) is 8.78 Å². The Balaban J connectivity index is 1.87. The van der Waals surface area contributed by atoms with Gasteiger partial charge in [0.25, 0.3) is 0 Å². The van der Waals surface area contributed by atoms with E-state index in [1.807, 2.05) is 6.07 Å². The Morgan fingerprint density at radius 2 is 2.00 bits per heavy atom. The van der Waals surface area contributed by atoms with Crippen LogP contribution in [0, 0.1) is 11.6 Å². The van der Waals surface area contributed by atoms with Crippen LogP contribution in [0.1, 0.15) is 5.56 Å². The monoisotopic (exact) mass is 347 g/mol. The molecule has 0 aliphatic rings. The molecule has 1 N–H and O–H groups in total. The summed E-state index contributed by atoms with van der Waals surface area (Å²) in [6.07, 6.45) is 1.41. The molecule has 3 aromatic rings. The molecule has 0 atom stereocenters. The molecule has 1 aromatic heterocycles. The summed E-state index contributed by atoms with van der Waals surface area (Å²) in [4.78, 5) is 4.27. The van der Waals surface area contributed by atoms with Crippen molar-refractivity contribution in [2.45, 2.75) is 0 Å². The van der Waals surface area contributed by atoms with Crippen LogP contribution in [0.25, 0.3) is 10.9 Å². The molecule has 4 nitrogen and oxygen atoms in total. The third kappa shape index (κ3) is 3.44. The number of hydrazone groups is 1. The van der Waals surface area contributed by atoms with Gasteiger partial charge in [0.15, 0.2) is 5.82 Å². The van der Waals surface area contributed by atoms with Crippen molar-refractivity contribution in [3.05, 3.63) is 64.8 Å². The van der Waals surface area contributed by atoms with Crippen molar-refractivity contribution in [1.29, 1.82) is 0 Å². The number of benzene rings is 2. The van der Waals surface area contributed by atoms with E-state index in [4.69, 9.17) is 16.3 Å². The number of ether oxygens (including phenoxy) is 1. The van der Waals surface area contributed by atoms with E-state index in [0.717, 1.165) is 23.0 Å². The van der Waals surface area contributed by atoms with Crippen molar-refractivity contribution in [2.75, 3.05) is 12.5 Å². The van der Waals surface area contributed by atoms with Crippen molar-refractivity contribution >= 4 is 34.4 Å². The molecule has 0 saturated heterocycles. The number of halogens is 3. The first-order valence-corrected chi connectivity index (χ1v) is 7.33. The standard InChI is InChI=1S/C17H12ClF2N3O/c1-24-13-3-5-15-10(7-13)6-11(17(18)22-15)9-21-23-16-4-2-12(19)8-14(16)20/h2-9,23H,1H3/b21-9-. The molecular formula is C17H12ClF2N3O. The molecule has 3 rings (SSSR count). The quantitative estimate of drug-likeness (QED) is 0.425. The number of nitrogens with zero attached hydrogens (tertiary/aromatic N) is 2. The number of pyridine rings is 1. The van der Waals surface area contributed by atoms with Gasteiger partial charge >= 0.3 is 0 Å². The molecule has 0 bridgehead atoms. The topological polar surface area (TPSA) is 46.5 Å². The maximum atomic E-state index is 13.5. The van der Waals surface area contributed by atoms with E-state index in [2.05, 4.69) is 15.5 Å². The van der Waals surface area contributed by atoms with Crippen molar-refractivity contribution in [3.63, 3.8) is 0 Å². The summed E-state index contributed by atoms with van der Waals surface area (Å²) in [5.74, 6) is -0.696. The molecule has 1 heterocycles. The molecule has 2 aromatic carbocycles. The fourth-order valence-electron chi connectivity index (χ4n) is 2.12. The van der Waals surface area contributed by atoms with Crippen LogP contribution in [0.4, 0.5) is 14.5 Å². The predicted octanol–water partition coefficient (Wildman–Crippen LogP) is 4.62. The van der Waals surface area contributed by atoms with Crippen molar-refractivity contribution in [3.8, 4) is 5.75 Å². The number of nitrogens with one attached hydrogen (secondary N) is 1. The number of aromatic nitrogens is 1. The molecule has 0 unspecified atom stereocenters. The van der Waals surface area contributed by atoms with Crippen LogP contribution in [0.2, 0.25) is 5.15 Å². The molecule has 0 radical (unpaired) electrons. The highest BCUT2D eigenvalue weighted by molar-refractivity contribution is 6.32. The number of rotatable bonds is 4. The molecule has 24 heavy (non-hydrogen) atoms. The molecule has 7 heteroatoms. The SMILES string of the molecule is COc1ccc2nc(Cl)c(/C=N\Nc3ccc(F)cc3F)cc2c1. The summed E-state index contributed by atoms with van der Waals surface area (Å²) in [6.45, 7) is 0. The second-order valence-electron chi connectivity index (χ2n) is 4.92. The van der Waals surface area contributed by atoms with Gasteiger partial charge in [-0.1, -0.05) is 11.6 Å². The van der Waals surface area contributed by atoms with Gasteiger partial charge in [-0.3, -0.25) is 5.43 Å². The Morgan fingerprint density at radius 1 is 1.17 bits per heavy atom. The summed E-state index contributed by atoms with van der Waals surface area (Å²) in [5.41, 5.74) is 3.82. The molecule has 0 aliphatic heterocycles. The van der Waals surface area contributed by atoms with E-state index in [1.165, 1.54) is 12.3 Å². The molecule has 0 amide bonds. The van der Waals surface area contributed by atoms with Gasteiger partial charge in [0.2, 0.25) is 0 Å². The predicted molar refractivity (Wildman–Crippen MR) is 90.9 cm³/mol. The largest absolute Gasteiger partial charge is 0.497 e. The molecule has 0 saturated carbocycles. The smallest absolute Gasteiger partial charge is 0.151 e. The Bertz CT molecular complexity index is 931. The minimum absolute atomic E-state index is 0.0548. The average molecular weight is 348 g/mol. The van der Waals surface area contributed by atoms with Crippen molar-refractivity contribution < 1.29 is 13.5 Å². The Kier molecular flexibility index (Phi) is 4.57. The molecule has 122 valence electrons. The van der Waals surface area contributed by atoms with Crippen molar-refractivity contribution in [2.24, 2.45) is 5.10 Å². The van der Waals surface area contributed by atoms with Gasteiger partial charge in [-0.25, -0.2) is 13.8 Å². The lowest BCUT2D eigenvalue weighted by Gasteiger charge is -2.05. The first-order valence-electron chi connectivity index (χ1n) is 6.95. The zero-order chi connectivity index (χ0) is 17.1. The fraction of sp³-hybridized carbons (Fsp3) is 0.0588. The van der Waals surface area contributed by atoms with Gasteiger partial charge in [0, 0.05) is 17.0 Å². The highest BCUT2D eigenvalue weighted by Crippen LogP contribution is 2.23. The van der Waals surface area contributed by atoms with E-state index in [1.54, 1.807) is 25.3 Å². The van der Waals surface area contributed by atoms with E-state index in [-0.39, 0.29) is 10.8 Å². The zero-order valence-corrected chi connectivity index (χ0v) is 13.3. The third-order valence-corrected chi connectivity index (χ3v) is 3.63. The lowest BCUT2D eigenvalue weighted by atomic mass is 10.1. The molecule has 0 aliphatic carbocycles. The van der Waals surface area contributed by atoms with E-state index >= 15 is 0 Å². The number of hydrogen-bond acceptors (Lipinski definition) is 4. The van der Waals surface area contributed by atoms with E-state index in [0.29, 0.717) is 11.3 Å². The highest BCUT2D eigenvalue weighted by Gasteiger charge is 2.05.